The van der Waals surface area contributed by atoms with E-state index in [0.29, 0.717) is 18.9 Å². The molecule has 2 aliphatic carbocycles. The molecule has 0 aromatic carbocycles. The molecule has 106 valence electrons. The lowest BCUT2D eigenvalue weighted by Crippen LogP contribution is -2.55. The van der Waals surface area contributed by atoms with Crippen LogP contribution in [-0.4, -0.2) is 29.5 Å². The van der Waals surface area contributed by atoms with Crippen LogP contribution in [0.15, 0.2) is 0 Å². The molecule has 0 radical (unpaired) electrons. The summed E-state index contributed by atoms with van der Waals surface area (Å²) in [7, 11) is 0. The smallest absolute Gasteiger partial charge is 0.391 e. The average Bonchev–Trinajstić information content (AvgIpc) is 2.81. The topological polar surface area (TPSA) is 32.3 Å². The third-order valence-corrected chi connectivity index (χ3v) is 4.57. The Kier molecular flexibility index (Phi) is 4.22. The van der Waals surface area contributed by atoms with Gasteiger partial charge in [0.25, 0.3) is 0 Å². The molecule has 0 aliphatic heterocycles. The Morgan fingerprint density at radius 1 is 1.06 bits per heavy atom. The fraction of sp³-hybridized carbons (Fsp3) is 1.00. The van der Waals surface area contributed by atoms with Crippen LogP contribution >= 0.6 is 0 Å². The predicted molar refractivity (Wildman–Crippen MR) is 63.2 cm³/mol. The van der Waals surface area contributed by atoms with E-state index in [1.165, 1.54) is 12.8 Å². The minimum absolute atomic E-state index is 0.0475. The van der Waals surface area contributed by atoms with Crippen molar-refractivity contribution in [2.45, 2.75) is 69.1 Å². The molecule has 0 saturated heterocycles. The molecule has 0 amide bonds. The van der Waals surface area contributed by atoms with Crippen LogP contribution in [0.3, 0.4) is 0 Å². The van der Waals surface area contributed by atoms with Gasteiger partial charge >= 0.3 is 6.18 Å². The maximum atomic E-state index is 12.6. The van der Waals surface area contributed by atoms with Crippen LogP contribution in [0.1, 0.15) is 51.4 Å². The summed E-state index contributed by atoms with van der Waals surface area (Å²) >= 11 is 0. The Morgan fingerprint density at radius 2 is 1.61 bits per heavy atom. The summed E-state index contributed by atoms with van der Waals surface area (Å²) in [6.07, 6.45) is 1.63. The van der Waals surface area contributed by atoms with Crippen molar-refractivity contribution in [3.63, 3.8) is 0 Å². The number of halogens is 3. The first-order valence-electron chi connectivity index (χ1n) is 6.90. The van der Waals surface area contributed by atoms with Crippen molar-refractivity contribution in [3.05, 3.63) is 0 Å². The van der Waals surface area contributed by atoms with Crippen molar-refractivity contribution in [2.75, 3.05) is 6.61 Å². The van der Waals surface area contributed by atoms with E-state index < -0.39 is 17.6 Å². The van der Waals surface area contributed by atoms with Gasteiger partial charge in [0.1, 0.15) is 0 Å². The second-order valence-corrected chi connectivity index (χ2v) is 5.88. The second kappa shape index (κ2) is 5.37. The highest BCUT2D eigenvalue weighted by Crippen LogP contribution is 2.41. The van der Waals surface area contributed by atoms with Gasteiger partial charge in [-0.15, -0.1) is 0 Å². The lowest BCUT2D eigenvalue weighted by Gasteiger charge is -2.42. The summed E-state index contributed by atoms with van der Waals surface area (Å²) in [5.41, 5.74) is -0.462. The molecule has 2 rings (SSSR count). The van der Waals surface area contributed by atoms with Crippen molar-refractivity contribution in [1.82, 2.24) is 5.32 Å². The second-order valence-electron chi connectivity index (χ2n) is 5.88. The fourth-order valence-electron chi connectivity index (χ4n) is 3.35. The van der Waals surface area contributed by atoms with Crippen molar-refractivity contribution < 1.29 is 18.3 Å². The molecule has 0 heterocycles. The van der Waals surface area contributed by atoms with Crippen molar-refractivity contribution >= 4 is 0 Å². The van der Waals surface area contributed by atoms with E-state index in [4.69, 9.17) is 0 Å². The first-order valence-corrected chi connectivity index (χ1v) is 6.90. The van der Waals surface area contributed by atoms with Gasteiger partial charge in [-0.2, -0.15) is 13.2 Å². The van der Waals surface area contributed by atoms with E-state index in [1.54, 1.807) is 0 Å². The number of alkyl halides is 3. The van der Waals surface area contributed by atoms with E-state index in [9.17, 15) is 18.3 Å². The van der Waals surface area contributed by atoms with Gasteiger partial charge in [-0.25, -0.2) is 0 Å². The molecule has 0 aromatic rings. The van der Waals surface area contributed by atoms with Crippen LogP contribution in [0.4, 0.5) is 13.2 Å². The highest BCUT2D eigenvalue weighted by atomic mass is 19.4. The Balaban J connectivity index is 1.90. The third-order valence-electron chi connectivity index (χ3n) is 4.57. The highest BCUT2D eigenvalue weighted by molar-refractivity contribution is 4.96. The van der Waals surface area contributed by atoms with Crippen LogP contribution < -0.4 is 5.32 Å². The minimum Gasteiger partial charge on any atom is -0.394 e. The Bertz CT molecular complexity index is 266. The lowest BCUT2D eigenvalue weighted by atomic mass is 9.76. The predicted octanol–water partition coefficient (Wildman–Crippen LogP) is 3.00. The van der Waals surface area contributed by atoms with Gasteiger partial charge in [0.05, 0.1) is 12.5 Å². The molecule has 2 nitrogen and oxygen atoms in total. The highest BCUT2D eigenvalue weighted by Gasteiger charge is 2.46. The third kappa shape index (κ3) is 3.18. The van der Waals surface area contributed by atoms with Crippen LogP contribution in [0, 0.1) is 5.92 Å². The maximum absolute atomic E-state index is 12.6. The first-order chi connectivity index (χ1) is 8.45. The zero-order valence-corrected chi connectivity index (χ0v) is 10.6. The zero-order chi connectivity index (χ0) is 13.2. The maximum Gasteiger partial charge on any atom is 0.391 e. The van der Waals surface area contributed by atoms with E-state index in [-0.39, 0.29) is 19.4 Å². The summed E-state index contributed by atoms with van der Waals surface area (Å²) < 4.78 is 37.9. The molecule has 2 aliphatic rings. The quantitative estimate of drug-likeness (QED) is 0.822. The molecular formula is C13H22F3NO. The lowest BCUT2D eigenvalue weighted by molar-refractivity contribution is -0.186. The van der Waals surface area contributed by atoms with Crippen LogP contribution in [0.2, 0.25) is 0 Å². The summed E-state index contributed by atoms with van der Waals surface area (Å²) in [6, 6.07) is 0.389. The normalized spacial score (nSPS) is 35.0. The summed E-state index contributed by atoms with van der Waals surface area (Å²) in [5, 5.41) is 13.0. The molecule has 0 bridgehead atoms. The van der Waals surface area contributed by atoms with Crippen molar-refractivity contribution in [1.29, 1.82) is 0 Å². The molecule has 0 aromatic heterocycles. The fourth-order valence-corrected chi connectivity index (χ4v) is 3.35. The number of aliphatic hydroxyl groups excluding tert-OH is 1. The Labute approximate surface area is 106 Å². The van der Waals surface area contributed by atoms with E-state index in [1.807, 2.05) is 0 Å². The number of hydrogen-bond donors (Lipinski definition) is 2. The van der Waals surface area contributed by atoms with Gasteiger partial charge < -0.3 is 10.4 Å². The van der Waals surface area contributed by atoms with Crippen molar-refractivity contribution in [3.8, 4) is 0 Å². The molecule has 0 spiro atoms. The van der Waals surface area contributed by atoms with Crippen molar-refractivity contribution in [2.24, 2.45) is 5.92 Å². The van der Waals surface area contributed by atoms with Crippen LogP contribution in [-0.2, 0) is 0 Å². The largest absolute Gasteiger partial charge is 0.394 e. The van der Waals surface area contributed by atoms with E-state index >= 15 is 0 Å². The van der Waals surface area contributed by atoms with Gasteiger partial charge in [-0.05, 0) is 38.5 Å². The molecule has 2 N–H and O–H groups in total. The van der Waals surface area contributed by atoms with Gasteiger partial charge in [0.2, 0.25) is 0 Å². The van der Waals surface area contributed by atoms with Crippen LogP contribution in [0.5, 0.6) is 0 Å². The van der Waals surface area contributed by atoms with Crippen LogP contribution in [0.25, 0.3) is 0 Å². The Hall–Kier alpha value is -0.290. The summed E-state index contributed by atoms with van der Waals surface area (Å²) in [4.78, 5) is 0. The van der Waals surface area contributed by atoms with Gasteiger partial charge in [0.15, 0.2) is 0 Å². The standard InChI is InChI=1S/C13H22F3NO/c14-13(15,16)10-5-7-12(9-18,8-6-10)17-11-3-1-2-4-11/h10-11,17-18H,1-9H2. The van der Waals surface area contributed by atoms with Gasteiger partial charge in [-0.1, -0.05) is 12.8 Å². The Morgan fingerprint density at radius 3 is 2.06 bits per heavy atom. The molecule has 2 fully saturated rings. The molecule has 2 saturated carbocycles. The monoisotopic (exact) mass is 265 g/mol. The molecule has 5 heteroatoms. The molecule has 0 unspecified atom stereocenters. The molecule has 0 atom stereocenters. The number of hydrogen-bond acceptors (Lipinski definition) is 2. The van der Waals surface area contributed by atoms with Gasteiger partial charge in [0, 0.05) is 11.6 Å². The summed E-state index contributed by atoms with van der Waals surface area (Å²) in [6.45, 7) is -0.0475. The summed E-state index contributed by atoms with van der Waals surface area (Å²) in [5.74, 6) is -1.18. The zero-order valence-electron chi connectivity index (χ0n) is 10.6. The van der Waals surface area contributed by atoms with Gasteiger partial charge in [-0.3, -0.25) is 0 Å². The molecule has 18 heavy (non-hydrogen) atoms. The SMILES string of the molecule is OCC1(NC2CCCC2)CCC(C(F)(F)F)CC1. The average molecular weight is 265 g/mol. The first kappa shape index (κ1) is 14.1. The minimum atomic E-state index is -4.07. The number of aliphatic hydroxyl groups is 1. The van der Waals surface area contributed by atoms with E-state index in [0.717, 1.165) is 12.8 Å². The molecular weight excluding hydrogens is 243 g/mol. The number of nitrogens with one attached hydrogen (secondary N) is 1. The van der Waals surface area contributed by atoms with E-state index in [2.05, 4.69) is 5.32 Å². The number of rotatable bonds is 3.